The van der Waals surface area contributed by atoms with Gasteiger partial charge in [0.05, 0.1) is 0 Å². The monoisotopic (exact) mass is 246 g/mol. The van der Waals surface area contributed by atoms with Crippen LogP contribution in [-0.2, 0) is 0 Å². The minimum atomic E-state index is 1.12. The zero-order chi connectivity index (χ0) is 13.7. The molecule has 19 heavy (non-hydrogen) atoms. The minimum absolute atomic E-state index is 1.12. The Kier molecular flexibility index (Phi) is 4.15. The number of benzene rings is 2. The number of hydrogen-bond donors (Lipinski definition) is 0. The normalized spacial score (nSPS) is 11.1. The Balaban J connectivity index is 2.50. The Morgan fingerprint density at radius 3 is 2.26 bits per heavy atom. The molecular weight excluding hydrogens is 228 g/mol. The molecule has 0 heteroatoms. The molecule has 94 valence electrons. The summed E-state index contributed by atoms with van der Waals surface area (Å²) in [4.78, 5) is 0. The lowest BCUT2D eigenvalue weighted by Gasteiger charge is -2.10. The Morgan fingerprint density at radius 1 is 0.895 bits per heavy atom. The van der Waals surface area contributed by atoms with Gasteiger partial charge < -0.3 is 0 Å². The van der Waals surface area contributed by atoms with Gasteiger partial charge in [0.25, 0.3) is 0 Å². The zero-order valence-corrected chi connectivity index (χ0v) is 11.3. The first kappa shape index (κ1) is 13.1. The van der Waals surface area contributed by atoms with Gasteiger partial charge >= 0.3 is 0 Å². The first-order valence-electron chi connectivity index (χ1n) is 6.38. The van der Waals surface area contributed by atoms with Crippen molar-refractivity contribution in [2.45, 2.75) is 6.92 Å². The maximum Gasteiger partial charge on any atom is -0.0115 e. The van der Waals surface area contributed by atoms with E-state index in [9.17, 15) is 0 Å². The fraction of sp³-hybridized carbons (Fsp3) is 0.0526. The number of hydrogen-bond acceptors (Lipinski definition) is 0. The van der Waals surface area contributed by atoms with Crippen molar-refractivity contribution in [2.75, 3.05) is 0 Å². The lowest BCUT2D eigenvalue weighted by atomic mass is 9.95. The van der Waals surface area contributed by atoms with Crippen molar-refractivity contribution >= 4 is 23.8 Å². The zero-order valence-electron chi connectivity index (χ0n) is 11.3. The molecule has 0 nitrogen and oxygen atoms in total. The molecule has 0 spiro atoms. The summed E-state index contributed by atoms with van der Waals surface area (Å²) in [5.41, 5.74) is 5.90. The predicted octanol–water partition coefficient (Wildman–Crippen LogP) is 5.53. The van der Waals surface area contributed by atoms with Gasteiger partial charge in [-0.2, -0.15) is 0 Å². The molecule has 0 aliphatic heterocycles. The fourth-order valence-corrected chi connectivity index (χ4v) is 2.21. The quantitative estimate of drug-likeness (QED) is 0.622. The summed E-state index contributed by atoms with van der Waals surface area (Å²) in [5, 5.41) is 0. The van der Waals surface area contributed by atoms with E-state index in [1.54, 1.807) is 0 Å². The summed E-state index contributed by atoms with van der Waals surface area (Å²) in [6.07, 6.45) is 5.96. The third-order valence-electron chi connectivity index (χ3n) is 3.17. The van der Waals surface area contributed by atoms with Crippen molar-refractivity contribution in [3.63, 3.8) is 0 Å². The van der Waals surface area contributed by atoms with Crippen molar-refractivity contribution in [1.29, 1.82) is 0 Å². The summed E-state index contributed by atoms with van der Waals surface area (Å²) in [7, 11) is 0. The molecule has 0 fully saturated rings. The van der Waals surface area contributed by atoms with E-state index in [0.717, 1.165) is 11.1 Å². The van der Waals surface area contributed by atoms with Crippen LogP contribution in [0.15, 0.2) is 61.7 Å². The van der Waals surface area contributed by atoms with E-state index in [1.807, 2.05) is 30.4 Å². The number of allylic oxidation sites excluding steroid dienone is 1. The maximum atomic E-state index is 3.91. The van der Waals surface area contributed by atoms with E-state index in [2.05, 4.69) is 56.5 Å². The molecule has 0 aliphatic rings. The standard InChI is InChI=1S/C19H18/c1-4-17-12-9-13-19(18(17)5-2)15(3)14-16-10-7-6-8-11-16/h4-14H,1-2H2,3H3. The molecule has 0 atom stereocenters. The predicted molar refractivity (Wildman–Crippen MR) is 86.6 cm³/mol. The molecule has 0 heterocycles. The largest absolute Gasteiger partial charge is 0.0984 e. The maximum absolute atomic E-state index is 3.91. The SMILES string of the molecule is C=Cc1cccc(C(C)=Cc2ccccc2)c1C=C. The van der Waals surface area contributed by atoms with Crippen LogP contribution in [0.4, 0.5) is 0 Å². The molecule has 0 N–H and O–H groups in total. The van der Waals surface area contributed by atoms with Crippen molar-refractivity contribution in [3.8, 4) is 0 Å². The topological polar surface area (TPSA) is 0 Å². The second-order valence-electron chi connectivity index (χ2n) is 4.45. The van der Waals surface area contributed by atoms with Crippen LogP contribution in [0.3, 0.4) is 0 Å². The third-order valence-corrected chi connectivity index (χ3v) is 3.17. The molecule has 2 aromatic rings. The molecule has 0 saturated heterocycles. The molecule has 0 radical (unpaired) electrons. The molecule has 0 aromatic heterocycles. The first-order valence-corrected chi connectivity index (χ1v) is 6.38. The van der Waals surface area contributed by atoms with Gasteiger partial charge in [0.1, 0.15) is 0 Å². The van der Waals surface area contributed by atoms with Crippen LogP contribution < -0.4 is 0 Å². The highest BCUT2D eigenvalue weighted by Crippen LogP contribution is 2.25. The molecule has 2 rings (SSSR count). The van der Waals surface area contributed by atoms with Crippen LogP contribution in [0.25, 0.3) is 23.8 Å². The Morgan fingerprint density at radius 2 is 1.63 bits per heavy atom. The first-order chi connectivity index (χ1) is 9.26. The lowest BCUT2D eigenvalue weighted by molar-refractivity contribution is 1.52. The van der Waals surface area contributed by atoms with Gasteiger partial charge in [-0.15, -0.1) is 0 Å². The molecule has 0 bridgehead atoms. The van der Waals surface area contributed by atoms with Crippen LogP contribution in [0.2, 0.25) is 0 Å². The van der Waals surface area contributed by atoms with E-state index in [-0.39, 0.29) is 0 Å². The Labute approximate surface area is 115 Å². The summed E-state index contributed by atoms with van der Waals surface area (Å²) in [5.74, 6) is 0. The summed E-state index contributed by atoms with van der Waals surface area (Å²) in [6.45, 7) is 9.90. The smallest absolute Gasteiger partial charge is 0.0115 e. The highest BCUT2D eigenvalue weighted by molar-refractivity contribution is 5.86. The minimum Gasteiger partial charge on any atom is -0.0984 e. The van der Waals surface area contributed by atoms with E-state index >= 15 is 0 Å². The van der Waals surface area contributed by atoms with Crippen LogP contribution in [0.1, 0.15) is 29.2 Å². The van der Waals surface area contributed by atoms with Gasteiger partial charge in [-0.25, -0.2) is 0 Å². The molecule has 0 amide bonds. The third kappa shape index (κ3) is 2.92. The van der Waals surface area contributed by atoms with Gasteiger partial charge in [-0.1, -0.05) is 79.9 Å². The van der Waals surface area contributed by atoms with Crippen molar-refractivity contribution in [2.24, 2.45) is 0 Å². The van der Waals surface area contributed by atoms with Crippen LogP contribution in [-0.4, -0.2) is 0 Å². The van der Waals surface area contributed by atoms with Gasteiger partial charge in [0.15, 0.2) is 0 Å². The van der Waals surface area contributed by atoms with Crippen LogP contribution in [0.5, 0.6) is 0 Å². The second-order valence-corrected chi connectivity index (χ2v) is 4.45. The van der Waals surface area contributed by atoms with Gasteiger partial charge in [0.2, 0.25) is 0 Å². The fourth-order valence-electron chi connectivity index (χ4n) is 2.21. The van der Waals surface area contributed by atoms with Crippen molar-refractivity contribution < 1.29 is 0 Å². The van der Waals surface area contributed by atoms with Crippen molar-refractivity contribution in [3.05, 3.63) is 83.9 Å². The van der Waals surface area contributed by atoms with E-state index in [0.29, 0.717) is 0 Å². The summed E-state index contributed by atoms with van der Waals surface area (Å²) >= 11 is 0. The number of rotatable bonds is 4. The van der Waals surface area contributed by atoms with Gasteiger partial charge in [-0.3, -0.25) is 0 Å². The second kappa shape index (κ2) is 6.01. The van der Waals surface area contributed by atoms with E-state index in [4.69, 9.17) is 0 Å². The highest BCUT2D eigenvalue weighted by atomic mass is 14.1. The van der Waals surface area contributed by atoms with Gasteiger partial charge in [0, 0.05) is 0 Å². The molecular formula is C19H18. The summed E-state index contributed by atoms with van der Waals surface area (Å²) in [6, 6.07) is 16.6. The molecule has 0 saturated carbocycles. The molecule has 0 unspecified atom stereocenters. The molecule has 2 aromatic carbocycles. The van der Waals surface area contributed by atoms with E-state index < -0.39 is 0 Å². The lowest BCUT2D eigenvalue weighted by Crippen LogP contribution is -1.89. The molecule has 0 aliphatic carbocycles. The van der Waals surface area contributed by atoms with Crippen LogP contribution >= 0.6 is 0 Å². The Bertz CT molecular complexity index is 616. The van der Waals surface area contributed by atoms with E-state index in [1.165, 1.54) is 16.7 Å². The summed E-state index contributed by atoms with van der Waals surface area (Å²) < 4.78 is 0. The Hall–Kier alpha value is -2.34. The van der Waals surface area contributed by atoms with Gasteiger partial charge in [-0.05, 0) is 34.8 Å². The highest BCUT2D eigenvalue weighted by Gasteiger charge is 2.04. The average molecular weight is 246 g/mol. The average Bonchev–Trinajstić information content (AvgIpc) is 2.47. The van der Waals surface area contributed by atoms with Crippen molar-refractivity contribution in [1.82, 2.24) is 0 Å². The van der Waals surface area contributed by atoms with Crippen LogP contribution in [0, 0.1) is 0 Å².